The third-order valence-corrected chi connectivity index (χ3v) is 8.79. The molecule has 0 saturated carbocycles. The Bertz CT molecular complexity index is 1460. The average Bonchev–Trinajstić information content (AvgIpc) is 3.36. The van der Waals surface area contributed by atoms with Gasteiger partial charge < -0.3 is 19.3 Å². The molecule has 42 heavy (non-hydrogen) atoms. The number of hydrazine groups is 1. The fraction of sp³-hybridized carbons (Fsp3) is 0.355. The fourth-order valence-corrected chi connectivity index (χ4v) is 5.96. The van der Waals surface area contributed by atoms with Crippen molar-refractivity contribution in [2.75, 3.05) is 32.6 Å². The highest BCUT2D eigenvalue weighted by Crippen LogP contribution is 2.33. The summed E-state index contributed by atoms with van der Waals surface area (Å²) in [4.78, 5) is 18.6. The minimum atomic E-state index is -3.68. The number of nitrogens with zero attached hydrogens (tertiary/aromatic N) is 1. The van der Waals surface area contributed by atoms with E-state index in [1.807, 2.05) is 24.3 Å². The summed E-state index contributed by atoms with van der Waals surface area (Å²) in [5.41, 5.74) is 5.86. The lowest BCUT2D eigenvalue weighted by atomic mass is 9.90. The van der Waals surface area contributed by atoms with Gasteiger partial charge in [-0.2, -0.15) is 0 Å². The van der Waals surface area contributed by atoms with Crippen molar-refractivity contribution >= 4 is 21.6 Å². The van der Waals surface area contributed by atoms with Crippen molar-refractivity contribution in [2.45, 2.75) is 42.7 Å². The SMILES string of the molecule is COc1cccc(CCNNC(=O)[C@@]2(CCS(=O)(=O)c3ccccc3)N=C(c3ccc(OCCCO)cc3)O[C@H]2C)c1. The van der Waals surface area contributed by atoms with Crippen molar-refractivity contribution in [1.29, 1.82) is 0 Å². The largest absolute Gasteiger partial charge is 0.497 e. The first-order valence-electron chi connectivity index (χ1n) is 13.8. The summed E-state index contributed by atoms with van der Waals surface area (Å²) in [6.45, 7) is 2.57. The molecule has 1 heterocycles. The lowest BCUT2D eigenvalue weighted by Gasteiger charge is -2.28. The number of methoxy groups -OCH3 is 1. The second-order valence-corrected chi connectivity index (χ2v) is 12.0. The van der Waals surface area contributed by atoms with E-state index in [-0.39, 0.29) is 29.6 Å². The van der Waals surface area contributed by atoms with Crippen LogP contribution in [0.5, 0.6) is 11.5 Å². The van der Waals surface area contributed by atoms with E-state index in [0.29, 0.717) is 37.3 Å². The van der Waals surface area contributed by atoms with Crippen LogP contribution in [-0.4, -0.2) is 69.6 Å². The lowest BCUT2D eigenvalue weighted by molar-refractivity contribution is -0.129. The third-order valence-electron chi connectivity index (χ3n) is 7.06. The standard InChI is InChI=1S/C31H37N3O7S/c1-23-31(17-21-42(37,38)28-10-4-3-5-11-28,30(36)34-32-18-16-24-8-6-9-27(22-24)39-2)33-29(41-23)25-12-14-26(15-13-25)40-20-7-19-35/h3-6,8-15,22-23,32,35H,7,16-21H2,1-2H3,(H,34,36)/t23-,31-/m0/s1. The molecule has 1 aliphatic rings. The highest BCUT2D eigenvalue weighted by Gasteiger charge is 2.50. The van der Waals surface area contributed by atoms with Crippen LogP contribution in [0.4, 0.5) is 0 Å². The molecule has 0 saturated heterocycles. The molecule has 10 nitrogen and oxygen atoms in total. The molecule has 0 bridgehead atoms. The van der Waals surface area contributed by atoms with Gasteiger partial charge in [0.25, 0.3) is 5.91 Å². The zero-order valence-corrected chi connectivity index (χ0v) is 24.6. The van der Waals surface area contributed by atoms with Crippen molar-refractivity contribution < 1.29 is 32.5 Å². The zero-order chi connectivity index (χ0) is 30.0. The number of hydrogen-bond donors (Lipinski definition) is 3. The molecule has 0 aliphatic carbocycles. The molecule has 4 rings (SSSR count). The van der Waals surface area contributed by atoms with Crippen molar-refractivity contribution in [1.82, 2.24) is 10.9 Å². The molecule has 224 valence electrons. The van der Waals surface area contributed by atoms with Gasteiger partial charge in [-0.25, -0.2) is 18.8 Å². The molecular formula is C31H37N3O7S. The van der Waals surface area contributed by atoms with Crippen molar-refractivity contribution in [3.63, 3.8) is 0 Å². The second-order valence-electron chi connectivity index (χ2n) is 9.92. The van der Waals surface area contributed by atoms with Gasteiger partial charge in [0.2, 0.25) is 5.90 Å². The molecule has 3 aromatic carbocycles. The van der Waals surface area contributed by atoms with Gasteiger partial charge in [-0.15, -0.1) is 0 Å². The first kappa shape index (κ1) is 31.0. The van der Waals surface area contributed by atoms with Crippen LogP contribution in [0.2, 0.25) is 0 Å². The van der Waals surface area contributed by atoms with E-state index in [1.165, 1.54) is 12.1 Å². The smallest absolute Gasteiger partial charge is 0.266 e. The van der Waals surface area contributed by atoms with E-state index in [1.54, 1.807) is 56.5 Å². The third kappa shape index (κ3) is 7.67. The maximum Gasteiger partial charge on any atom is 0.266 e. The maximum atomic E-state index is 13.7. The molecule has 0 fully saturated rings. The van der Waals surface area contributed by atoms with E-state index in [9.17, 15) is 13.2 Å². The Morgan fingerprint density at radius 2 is 1.81 bits per heavy atom. The predicted molar refractivity (Wildman–Crippen MR) is 159 cm³/mol. The molecule has 0 unspecified atom stereocenters. The molecule has 11 heteroatoms. The number of hydrogen-bond acceptors (Lipinski definition) is 9. The van der Waals surface area contributed by atoms with E-state index in [4.69, 9.17) is 24.3 Å². The first-order chi connectivity index (χ1) is 20.3. The Balaban J connectivity index is 1.52. The number of nitrogens with one attached hydrogen (secondary N) is 2. The maximum absolute atomic E-state index is 13.7. The number of benzene rings is 3. The monoisotopic (exact) mass is 595 g/mol. The topological polar surface area (TPSA) is 136 Å². The van der Waals surface area contributed by atoms with Crippen LogP contribution in [0.15, 0.2) is 88.8 Å². The number of sulfone groups is 1. The summed E-state index contributed by atoms with van der Waals surface area (Å²) in [7, 11) is -2.07. The predicted octanol–water partition coefficient (Wildman–Crippen LogP) is 3.09. The average molecular weight is 596 g/mol. The van der Waals surface area contributed by atoms with Crippen molar-refractivity contribution in [2.24, 2.45) is 4.99 Å². The van der Waals surface area contributed by atoms with Crippen LogP contribution in [0.25, 0.3) is 0 Å². The lowest BCUT2D eigenvalue weighted by Crippen LogP contribution is -2.55. The number of rotatable bonds is 15. The summed E-state index contributed by atoms with van der Waals surface area (Å²) >= 11 is 0. The molecule has 3 N–H and O–H groups in total. The summed E-state index contributed by atoms with van der Waals surface area (Å²) < 4.78 is 43.2. The molecule has 3 aromatic rings. The Labute approximate surface area is 246 Å². The first-order valence-corrected chi connectivity index (χ1v) is 15.5. The van der Waals surface area contributed by atoms with Gasteiger partial charge >= 0.3 is 0 Å². The Kier molecular flexibility index (Phi) is 10.6. The number of aliphatic hydroxyl groups is 1. The summed E-state index contributed by atoms with van der Waals surface area (Å²) in [6, 6.07) is 22.8. The van der Waals surface area contributed by atoms with Gasteiger partial charge in [0.05, 0.1) is 24.4 Å². The van der Waals surface area contributed by atoms with Gasteiger partial charge in [-0.05, 0) is 73.9 Å². The number of ether oxygens (including phenoxy) is 3. The number of aliphatic imine (C=N–C) groups is 1. The van der Waals surface area contributed by atoms with E-state index in [0.717, 1.165) is 11.3 Å². The minimum Gasteiger partial charge on any atom is -0.497 e. The molecular weight excluding hydrogens is 558 g/mol. The Hall–Kier alpha value is -3.93. The number of aliphatic hydroxyl groups excluding tert-OH is 1. The Morgan fingerprint density at radius 1 is 1.05 bits per heavy atom. The van der Waals surface area contributed by atoms with Crippen LogP contribution in [0, 0.1) is 0 Å². The quantitative estimate of drug-likeness (QED) is 0.180. The van der Waals surface area contributed by atoms with Crippen molar-refractivity contribution in [3.05, 3.63) is 90.0 Å². The molecule has 0 spiro atoms. The van der Waals surface area contributed by atoms with Crippen LogP contribution in [-0.2, 0) is 25.8 Å². The van der Waals surface area contributed by atoms with E-state index in [2.05, 4.69) is 10.9 Å². The normalized spacial score (nSPS) is 18.2. The van der Waals surface area contributed by atoms with E-state index < -0.39 is 27.4 Å². The summed E-state index contributed by atoms with van der Waals surface area (Å²) in [5.74, 6) is 0.836. The Morgan fingerprint density at radius 3 is 2.52 bits per heavy atom. The van der Waals surface area contributed by atoms with Gasteiger partial charge in [0.15, 0.2) is 15.4 Å². The highest BCUT2D eigenvalue weighted by molar-refractivity contribution is 7.91. The van der Waals surface area contributed by atoms with Gasteiger partial charge in [-0.1, -0.05) is 30.3 Å². The van der Waals surface area contributed by atoms with Crippen LogP contribution >= 0.6 is 0 Å². The number of carbonyl (C=O) groups is 1. The van der Waals surface area contributed by atoms with Gasteiger partial charge in [0.1, 0.15) is 17.6 Å². The van der Waals surface area contributed by atoms with E-state index >= 15 is 0 Å². The molecule has 2 atom stereocenters. The zero-order valence-electron chi connectivity index (χ0n) is 23.8. The van der Waals surface area contributed by atoms with Gasteiger partial charge in [-0.3, -0.25) is 10.2 Å². The number of amides is 1. The highest BCUT2D eigenvalue weighted by atomic mass is 32.2. The number of carbonyl (C=O) groups excluding carboxylic acids is 1. The molecule has 1 amide bonds. The van der Waals surface area contributed by atoms with Crippen LogP contribution in [0.3, 0.4) is 0 Å². The minimum absolute atomic E-state index is 0.0423. The molecule has 0 aromatic heterocycles. The molecule has 0 radical (unpaired) electrons. The van der Waals surface area contributed by atoms with Gasteiger partial charge in [0, 0.05) is 25.1 Å². The second kappa shape index (κ2) is 14.3. The van der Waals surface area contributed by atoms with Crippen molar-refractivity contribution in [3.8, 4) is 11.5 Å². The summed E-state index contributed by atoms with van der Waals surface area (Å²) in [6.07, 6.45) is 0.326. The fourth-order valence-electron chi connectivity index (χ4n) is 4.57. The molecule has 1 aliphatic heterocycles. The summed E-state index contributed by atoms with van der Waals surface area (Å²) in [5, 5.41) is 8.96. The van der Waals surface area contributed by atoms with Crippen LogP contribution in [0.1, 0.15) is 30.9 Å². The van der Waals surface area contributed by atoms with Crippen LogP contribution < -0.4 is 20.3 Å².